The van der Waals surface area contributed by atoms with E-state index in [1.165, 1.54) is 26.0 Å². The van der Waals surface area contributed by atoms with Crippen LogP contribution in [-0.4, -0.2) is 42.3 Å². The minimum atomic E-state index is -2.72. The molecule has 2 aromatic rings. The van der Waals surface area contributed by atoms with Crippen LogP contribution in [0.5, 0.6) is 0 Å². The molecule has 0 bridgehead atoms. The Bertz CT molecular complexity index is 1060. The predicted molar refractivity (Wildman–Crippen MR) is 108 cm³/mol. The van der Waals surface area contributed by atoms with Crippen molar-refractivity contribution in [3.05, 3.63) is 58.7 Å². The molecule has 0 radical (unpaired) electrons. The number of hydrogen-bond acceptors (Lipinski definition) is 5. The molecule has 0 fully saturated rings. The van der Waals surface area contributed by atoms with Gasteiger partial charge in [0.15, 0.2) is 5.60 Å². The van der Waals surface area contributed by atoms with E-state index in [4.69, 9.17) is 10.5 Å². The fourth-order valence-corrected chi connectivity index (χ4v) is 3.30. The highest BCUT2D eigenvalue weighted by Gasteiger charge is 2.45. The van der Waals surface area contributed by atoms with Gasteiger partial charge in [-0.15, -0.1) is 0 Å². The summed E-state index contributed by atoms with van der Waals surface area (Å²) in [5.74, 6) is -1.83. The summed E-state index contributed by atoms with van der Waals surface area (Å²) in [5.41, 5.74) is 2.30. The first-order valence-electron chi connectivity index (χ1n) is 9.53. The second-order valence-corrected chi connectivity index (χ2v) is 7.70. The standard InChI is InChI=1S/C21H21F5N4O2/c1-11-5-12(17(25)26)7-28-16(11)18(31)29-13-3-4-15(24)14(6-13)20(2)10-32-21(8-22,9-23)19(27)30-20/h3-7,17H,8-10H2,1-2H3,(H2,27,30)(H,29,31). The number of benzene rings is 1. The third-order valence-electron chi connectivity index (χ3n) is 5.27. The lowest BCUT2D eigenvalue weighted by Crippen LogP contribution is -2.56. The largest absolute Gasteiger partial charge is 0.385 e. The van der Waals surface area contributed by atoms with Crippen molar-refractivity contribution in [3.63, 3.8) is 0 Å². The molecule has 0 spiro atoms. The molecule has 1 amide bonds. The molecule has 0 aliphatic carbocycles. The highest BCUT2D eigenvalue weighted by Crippen LogP contribution is 2.36. The molecule has 0 saturated heterocycles. The van der Waals surface area contributed by atoms with Crippen LogP contribution in [0.4, 0.5) is 27.6 Å². The van der Waals surface area contributed by atoms with Crippen LogP contribution in [0, 0.1) is 12.7 Å². The third kappa shape index (κ3) is 4.29. The van der Waals surface area contributed by atoms with Crippen LogP contribution in [0.25, 0.3) is 0 Å². The number of amidine groups is 1. The van der Waals surface area contributed by atoms with E-state index in [2.05, 4.69) is 15.3 Å². The Morgan fingerprint density at radius 3 is 2.53 bits per heavy atom. The molecule has 1 atom stereocenters. The highest BCUT2D eigenvalue weighted by molar-refractivity contribution is 6.03. The number of carbonyl (C=O) groups is 1. The molecule has 3 rings (SSSR count). The number of aromatic nitrogens is 1. The van der Waals surface area contributed by atoms with E-state index in [9.17, 15) is 26.7 Å². The molecular weight excluding hydrogens is 435 g/mol. The quantitative estimate of drug-likeness (QED) is 0.643. The molecule has 32 heavy (non-hydrogen) atoms. The fraction of sp³-hybridized carbons (Fsp3) is 0.381. The molecule has 1 aromatic heterocycles. The zero-order chi connectivity index (χ0) is 23.7. The Hall–Kier alpha value is -3.08. The first-order chi connectivity index (χ1) is 15.0. The Morgan fingerprint density at radius 2 is 1.97 bits per heavy atom. The van der Waals surface area contributed by atoms with Crippen LogP contribution in [0.15, 0.2) is 35.5 Å². The number of aliphatic imine (C=N–C) groups is 1. The number of carbonyl (C=O) groups excluding carboxylic acids is 1. The van der Waals surface area contributed by atoms with E-state index >= 15 is 0 Å². The van der Waals surface area contributed by atoms with Gasteiger partial charge in [0.2, 0.25) is 0 Å². The number of hydrogen-bond donors (Lipinski definition) is 2. The third-order valence-corrected chi connectivity index (χ3v) is 5.27. The maximum atomic E-state index is 14.6. The summed E-state index contributed by atoms with van der Waals surface area (Å²) in [6.45, 7) is 0.114. The smallest absolute Gasteiger partial charge is 0.274 e. The summed E-state index contributed by atoms with van der Waals surface area (Å²) < 4.78 is 72.1. The monoisotopic (exact) mass is 456 g/mol. The van der Waals surface area contributed by atoms with Gasteiger partial charge < -0.3 is 15.8 Å². The van der Waals surface area contributed by atoms with E-state index in [0.29, 0.717) is 0 Å². The molecule has 1 aliphatic heterocycles. The highest BCUT2D eigenvalue weighted by atomic mass is 19.3. The zero-order valence-electron chi connectivity index (χ0n) is 17.3. The lowest BCUT2D eigenvalue weighted by atomic mass is 9.89. The number of ether oxygens (including phenoxy) is 1. The second kappa shape index (κ2) is 8.81. The topological polar surface area (TPSA) is 89.6 Å². The van der Waals surface area contributed by atoms with Gasteiger partial charge in [0.05, 0.1) is 6.61 Å². The van der Waals surface area contributed by atoms with Crippen LogP contribution in [0.2, 0.25) is 0 Å². The predicted octanol–water partition coefficient (Wildman–Crippen LogP) is 4.00. The van der Waals surface area contributed by atoms with Gasteiger partial charge in [-0.05, 0) is 43.7 Å². The second-order valence-electron chi connectivity index (χ2n) is 7.70. The maximum Gasteiger partial charge on any atom is 0.274 e. The molecule has 6 nitrogen and oxygen atoms in total. The van der Waals surface area contributed by atoms with Crippen LogP contribution in [-0.2, 0) is 10.3 Å². The Labute approximate surface area is 180 Å². The number of pyridine rings is 1. The number of nitrogens with two attached hydrogens (primary N) is 1. The normalized spacial score (nSPS) is 20.2. The van der Waals surface area contributed by atoms with Gasteiger partial charge in [0.25, 0.3) is 12.3 Å². The van der Waals surface area contributed by atoms with Gasteiger partial charge in [-0.1, -0.05) is 0 Å². The Balaban J connectivity index is 1.90. The molecule has 1 unspecified atom stereocenters. The zero-order valence-corrected chi connectivity index (χ0v) is 17.3. The number of alkyl halides is 4. The van der Waals surface area contributed by atoms with Crippen molar-refractivity contribution in [2.45, 2.75) is 31.4 Å². The minimum absolute atomic E-state index is 0.0257. The van der Waals surface area contributed by atoms with Gasteiger partial charge in [0, 0.05) is 23.0 Å². The molecule has 172 valence electrons. The van der Waals surface area contributed by atoms with Crippen LogP contribution in [0.3, 0.4) is 0 Å². The number of nitrogens with zero attached hydrogens (tertiary/aromatic N) is 2. The average molecular weight is 456 g/mol. The van der Waals surface area contributed by atoms with Crippen molar-refractivity contribution in [2.24, 2.45) is 10.7 Å². The minimum Gasteiger partial charge on any atom is -0.385 e. The lowest BCUT2D eigenvalue weighted by molar-refractivity contribution is -0.0575. The van der Waals surface area contributed by atoms with Crippen molar-refractivity contribution in [2.75, 3.05) is 25.3 Å². The number of amides is 1. The van der Waals surface area contributed by atoms with Gasteiger partial charge in [-0.2, -0.15) is 0 Å². The van der Waals surface area contributed by atoms with Crippen LogP contribution < -0.4 is 11.1 Å². The first kappa shape index (κ1) is 23.6. The lowest BCUT2D eigenvalue weighted by Gasteiger charge is -2.39. The Kier molecular flexibility index (Phi) is 6.49. The molecular formula is C21H21F5N4O2. The fourth-order valence-electron chi connectivity index (χ4n) is 3.30. The SMILES string of the molecule is Cc1cc(C(F)F)cnc1C(=O)Nc1ccc(F)c(C2(C)COC(CF)(CF)C(N)=N2)c1. The Morgan fingerprint density at radius 1 is 1.28 bits per heavy atom. The number of rotatable bonds is 6. The summed E-state index contributed by atoms with van der Waals surface area (Å²) in [6, 6.07) is 4.80. The number of anilines is 1. The van der Waals surface area contributed by atoms with E-state index in [1.54, 1.807) is 0 Å². The van der Waals surface area contributed by atoms with Gasteiger partial charge >= 0.3 is 0 Å². The molecule has 3 N–H and O–H groups in total. The van der Waals surface area contributed by atoms with E-state index in [1.807, 2.05) is 0 Å². The summed E-state index contributed by atoms with van der Waals surface area (Å²) >= 11 is 0. The summed E-state index contributed by atoms with van der Waals surface area (Å²) in [6.07, 6.45) is -1.82. The van der Waals surface area contributed by atoms with Crippen LogP contribution >= 0.6 is 0 Å². The van der Waals surface area contributed by atoms with E-state index < -0.39 is 48.5 Å². The molecule has 1 aliphatic rings. The maximum absolute atomic E-state index is 14.6. The van der Waals surface area contributed by atoms with Crippen molar-refractivity contribution < 1.29 is 31.5 Å². The summed E-state index contributed by atoms with van der Waals surface area (Å²) in [5, 5.41) is 2.53. The van der Waals surface area contributed by atoms with Crippen molar-refractivity contribution in [1.82, 2.24) is 4.98 Å². The van der Waals surface area contributed by atoms with E-state index in [-0.39, 0.29) is 34.7 Å². The van der Waals surface area contributed by atoms with Crippen molar-refractivity contribution in [1.29, 1.82) is 0 Å². The molecule has 11 heteroatoms. The van der Waals surface area contributed by atoms with E-state index in [0.717, 1.165) is 18.3 Å². The summed E-state index contributed by atoms with van der Waals surface area (Å²) in [4.78, 5) is 20.5. The van der Waals surface area contributed by atoms with Crippen molar-refractivity contribution >= 4 is 17.4 Å². The molecule has 0 saturated carbocycles. The van der Waals surface area contributed by atoms with Gasteiger partial charge in [-0.3, -0.25) is 14.8 Å². The summed E-state index contributed by atoms with van der Waals surface area (Å²) in [7, 11) is 0. The number of halogens is 5. The number of nitrogens with one attached hydrogen (secondary N) is 1. The first-order valence-corrected chi connectivity index (χ1v) is 9.53. The molecule has 2 heterocycles. The number of aryl methyl sites for hydroxylation is 1. The van der Waals surface area contributed by atoms with Crippen LogP contribution in [0.1, 0.15) is 40.5 Å². The average Bonchev–Trinajstić information content (AvgIpc) is 2.75. The molecule has 1 aromatic carbocycles. The van der Waals surface area contributed by atoms with Gasteiger partial charge in [-0.25, -0.2) is 22.0 Å². The van der Waals surface area contributed by atoms with Gasteiger partial charge in [0.1, 0.15) is 36.2 Å². The van der Waals surface area contributed by atoms with Crippen molar-refractivity contribution in [3.8, 4) is 0 Å².